The maximum atomic E-state index is 12.2. The molecule has 3 rings (SSSR count). The summed E-state index contributed by atoms with van der Waals surface area (Å²) in [7, 11) is 0. The van der Waals surface area contributed by atoms with Gasteiger partial charge in [0.2, 0.25) is 5.95 Å². The zero-order chi connectivity index (χ0) is 14.7. The van der Waals surface area contributed by atoms with Crippen LogP contribution in [0.25, 0.3) is 5.95 Å². The lowest BCUT2D eigenvalue weighted by molar-refractivity contribution is 0.102. The lowest BCUT2D eigenvalue weighted by Crippen LogP contribution is -2.16. The van der Waals surface area contributed by atoms with Gasteiger partial charge in [0.05, 0.1) is 11.2 Å². The van der Waals surface area contributed by atoms with Crippen LogP contribution in [-0.2, 0) is 0 Å². The van der Waals surface area contributed by atoms with Crippen LogP contribution in [0.3, 0.4) is 0 Å². The molecule has 0 aliphatic carbocycles. The Morgan fingerprint density at radius 3 is 2.76 bits per heavy atom. The molecule has 0 aliphatic rings. The molecule has 21 heavy (non-hydrogen) atoms. The number of anilines is 1. The number of carbonyl (C=O) groups excluding carboxylic acids is 1. The number of carbonyl (C=O) groups is 1. The van der Waals surface area contributed by atoms with E-state index in [1.54, 1.807) is 35.4 Å². The van der Waals surface area contributed by atoms with Gasteiger partial charge in [-0.2, -0.15) is 0 Å². The van der Waals surface area contributed by atoms with Crippen molar-refractivity contribution >= 4 is 23.2 Å². The van der Waals surface area contributed by atoms with E-state index in [0.717, 1.165) is 0 Å². The van der Waals surface area contributed by atoms with Crippen molar-refractivity contribution in [3.63, 3.8) is 0 Å². The largest absolute Gasteiger partial charge is 0.321 e. The van der Waals surface area contributed by atoms with Crippen molar-refractivity contribution in [2.24, 2.45) is 0 Å². The van der Waals surface area contributed by atoms with E-state index in [4.69, 9.17) is 11.6 Å². The van der Waals surface area contributed by atoms with Crippen LogP contribution < -0.4 is 5.32 Å². The Morgan fingerprint density at radius 1 is 1.24 bits per heavy atom. The third-order valence-corrected chi connectivity index (χ3v) is 2.99. The molecule has 2 aromatic heterocycles. The van der Waals surface area contributed by atoms with E-state index in [-0.39, 0.29) is 10.7 Å². The molecular formula is C14H10ClN5O. The predicted molar refractivity (Wildman–Crippen MR) is 78.6 cm³/mol. The summed E-state index contributed by atoms with van der Waals surface area (Å²) in [6.07, 6.45) is 6.22. The van der Waals surface area contributed by atoms with Gasteiger partial charge in [-0.05, 0) is 12.1 Å². The number of hydrogen-bond acceptors (Lipinski definition) is 4. The molecule has 1 N–H and O–H groups in total. The number of benzene rings is 1. The fourth-order valence-electron chi connectivity index (χ4n) is 1.73. The summed E-state index contributed by atoms with van der Waals surface area (Å²) < 4.78 is 1.59. The van der Waals surface area contributed by atoms with E-state index in [1.165, 1.54) is 6.20 Å². The van der Waals surface area contributed by atoms with Gasteiger partial charge in [0, 0.05) is 18.1 Å². The van der Waals surface area contributed by atoms with Gasteiger partial charge in [-0.3, -0.25) is 9.36 Å². The first kappa shape index (κ1) is 13.3. The SMILES string of the molecule is O=C(Nc1ccccc1)c1nc(-n2ccnc2)ncc1Cl. The molecule has 104 valence electrons. The second-order valence-corrected chi connectivity index (χ2v) is 4.56. The summed E-state index contributed by atoms with van der Waals surface area (Å²) in [6, 6.07) is 9.08. The first-order chi connectivity index (χ1) is 10.2. The standard InChI is InChI=1S/C14H10ClN5O/c15-11-8-17-14(20-7-6-16-9-20)19-12(11)13(21)18-10-4-2-1-3-5-10/h1-9H,(H,18,21). The van der Waals surface area contributed by atoms with Gasteiger partial charge in [0.15, 0.2) is 5.69 Å². The Bertz CT molecular complexity index is 758. The average Bonchev–Trinajstić information content (AvgIpc) is 3.03. The lowest BCUT2D eigenvalue weighted by Gasteiger charge is -2.07. The highest BCUT2D eigenvalue weighted by Crippen LogP contribution is 2.16. The molecule has 0 saturated carbocycles. The van der Waals surface area contributed by atoms with Crippen molar-refractivity contribution < 1.29 is 4.79 Å². The molecule has 0 spiro atoms. The van der Waals surface area contributed by atoms with Crippen LogP contribution in [0.2, 0.25) is 5.02 Å². The van der Waals surface area contributed by atoms with Crippen LogP contribution in [0, 0.1) is 0 Å². The molecule has 6 nitrogen and oxygen atoms in total. The van der Waals surface area contributed by atoms with E-state index in [2.05, 4.69) is 20.3 Å². The summed E-state index contributed by atoms with van der Waals surface area (Å²) in [5.41, 5.74) is 0.778. The Balaban J connectivity index is 1.91. The highest BCUT2D eigenvalue weighted by molar-refractivity contribution is 6.33. The summed E-state index contributed by atoms with van der Waals surface area (Å²) in [6.45, 7) is 0. The average molecular weight is 300 g/mol. The zero-order valence-corrected chi connectivity index (χ0v) is 11.5. The minimum Gasteiger partial charge on any atom is -0.321 e. The van der Waals surface area contributed by atoms with Crippen LogP contribution in [-0.4, -0.2) is 25.4 Å². The molecular weight excluding hydrogens is 290 g/mol. The maximum Gasteiger partial charge on any atom is 0.276 e. The number of amides is 1. The number of aromatic nitrogens is 4. The van der Waals surface area contributed by atoms with Crippen molar-refractivity contribution in [1.82, 2.24) is 19.5 Å². The van der Waals surface area contributed by atoms with Crippen LogP contribution in [0.15, 0.2) is 55.2 Å². The number of rotatable bonds is 3. The Hall–Kier alpha value is -2.73. The van der Waals surface area contributed by atoms with Crippen LogP contribution in [0.5, 0.6) is 0 Å². The van der Waals surface area contributed by atoms with E-state index < -0.39 is 5.91 Å². The molecule has 0 bridgehead atoms. The fraction of sp³-hybridized carbons (Fsp3) is 0. The molecule has 0 aliphatic heterocycles. The Kier molecular flexibility index (Phi) is 3.61. The summed E-state index contributed by atoms with van der Waals surface area (Å²) in [4.78, 5) is 24.4. The van der Waals surface area contributed by atoms with Crippen LogP contribution in [0.4, 0.5) is 5.69 Å². The van der Waals surface area contributed by atoms with E-state index in [0.29, 0.717) is 11.6 Å². The molecule has 3 aromatic rings. The predicted octanol–water partition coefficient (Wildman–Crippen LogP) is 2.57. The maximum absolute atomic E-state index is 12.2. The van der Waals surface area contributed by atoms with Crippen molar-refractivity contribution in [2.75, 3.05) is 5.32 Å². The number of hydrogen-bond donors (Lipinski definition) is 1. The molecule has 0 fully saturated rings. The molecule has 7 heteroatoms. The second-order valence-electron chi connectivity index (χ2n) is 4.16. The Labute approximate surface area is 125 Å². The van der Waals surface area contributed by atoms with Gasteiger partial charge < -0.3 is 5.32 Å². The molecule has 1 amide bonds. The minimum atomic E-state index is -0.394. The number of nitrogens with zero attached hydrogens (tertiary/aromatic N) is 4. The molecule has 0 saturated heterocycles. The molecule has 1 aromatic carbocycles. The minimum absolute atomic E-state index is 0.110. The van der Waals surface area contributed by atoms with Crippen molar-refractivity contribution in [2.45, 2.75) is 0 Å². The van der Waals surface area contributed by atoms with Crippen molar-refractivity contribution in [3.05, 3.63) is 66.0 Å². The number of para-hydroxylation sites is 1. The van der Waals surface area contributed by atoms with Gasteiger partial charge in [-0.15, -0.1) is 0 Å². The van der Waals surface area contributed by atoms with Crippen LogP contribution in [0.1, 0.15) is 10.5 Å². The van der Waals surface area contributed by atoms with Gasteiger partial charge in [-0.25, -0.2) is 15.0 Å². The molecule has 0 radical (unpaired) electrons. The number of imidazole rings is 1. The van der Waals surface area contributed by atoms with Gasteiger partial charge in [0.25, 0.3) is 5.91 Å². The van der Waals surface area contributed by atoms with Crippen molar-refractivity contribution in [1.29, 1.82) is 0 Å². The normalized spacial score (nSPS) is 10.3. The van der Waals surface area contributed by atoms with Crippen molar-refractivity contribution in [3.8, 4) is 5.95 Å². The third-order valence-electron chi connectivity index (χ3n) is 2.71. The van der Waals surface area contributed by atoms with E-state index in [9.17, 15) is 4.79 Å². The van der Waals surface area contributed by atoms with E-state index in [1.807, 2.05) is 18.2 Å². The number of nitrogens with one attached hydrogen (secondary N) is 1. The smallest absolute Gasteiger partial charge is 0.276 e. The quantitative estimate of drug-likeness (QED) is 0.806. The zero-order valence-electron chi connectivity index (χ0n) is 10.8. The topological polar surface area (TPSA) is 72.7 Å². The molecule has 0 unspecified atom stereocenters. The van der Waals surface area contributed by atoms with E-state index >= 15 is 0 Å². The highest BCUT2D eigenvalue weighted by atomic mass is 35.5. The highest BCUT2D eigenvalue weighted by Gasteiger charge is 2.15. The van der Waals surface area contributed by atoms with Gasteiger partial charge >= 0.3 is 0 Å². The molecule has 2 heterocycles. The summed E-state index contributed by atoms with van der Waals surface area (Å²) >= 11 is 6.01. The van der Waals surface area contributed by atoms with Gasteiger partial charge in [-0.1, -0.05) is 29.8 Å². The lowest BCUT2D eigenvalue weighted by atomic mass is 10.3. The van der Waals surface area contributed by atoms with Gasteiger partial charge in [0.1, 0.15) is 6.33 Å². The first-order valence-corrected chi connectivity index (χ1v) is 6.49. The first-order valence-electron chi connectivity index (χ1n) is 6.11. The molecule has 0 atom stereocenters. The fourth-order valence-corrected chi connectivity index (χ4v) is 1.91. The summed E-state index contributed by atoms with van der Waals surface area (Å²) in [5, 5.41) is 2.92. The third kappa shape index (κ3) is 2.90. The second kappa shape index (κ2) is 5.72. The summed E-state index contributed by atoms with van der Waals surface area (Å²) in [5.74, 6) is -0.0647. The number of halogens is 1. The monoisotopic (exact) mass is 299 g/mol. The van der Waals surface area contributed by atoms with Crippen LogP contribution >= 0.6 is 11.6 Å². The Morgan fingerprint density at radius 2 is 2.05 bits per heavy atom.